The molecule has 1 aromatic rings. The molecule has 0 bridgehead atoms. The largest absolute Gasteiger partial charge is 0.495 e. The van der Waals surface area contributed by atoms with Gasteiger partial charge in [0.15, 0.2) is 6.29 Å². The van der Waals surface area contributed by atoms with Crippen molar-refractivity contribution in [3.63, 3.8) is 0 Å². The summed E-state index contributed by atoms with van der Waals surface area (Å²) in [6, 6.07) is -0.183. The number of aldehydes is 1. The summed E-state index contributed by atoms with van der Waals surface area (Å²) in [4.78, 5) is 42.8. The van der Waals surface area contributed by atoms with Gasteiger partial charge in [-0.1, -0.05) is 0 Å². The highest BCUT2D eigenvalue weighted by Crippen LogP contribution is 2.32. The van der Waals surface area contributed by atoms with Crippen LogP contribution in [0.25, 0.3) is 0 Å². The number of thiophene rings is 1. The van der Waals surface area contributed by atoms with Crippen molar-refractivity contribution in [3.05, 3.63) is 10.9 Å². The van der Waals surface area contributed by atoms with E-state index in [4.69, 9.17) is 4.74 Å². The minimum absolute atomic E-state index is 0.170. The van der Waals surface area contributed by atoms with Crippen LogP contribution in [0.3, 0.4) is 0 Å². The summed E-state index contributed by atoms with van der Waals surface area (Å²) in [5.74, 6) is -0.0911. The fourth-order valence-electron chi connectivity index (χ4n) is 1.85. The Labute approximate surface area is 137 Å². The first-order valence-corrected chi connectivity index (χ1v) is 7.70. The van der Waals surface area contributed by atoms with Crippen molar-refractivity contribution in [2.24, 2.45) is 0 Å². The van der Waals surface area contributed by atoms with Crippen molar-refractivity contribution in [3.8, 4) is 5.75 Å². The Morgan fingerprint density at radius 3 is 2.65 bits per heavy atom. The molecule has 126 valence electrons. The van der Waals surface area contributed by atoms with Crippen LogP contribution in [0.1, 0.15) is 30.1 Å². The van der Waals surface area contributed by atoms with Crippen LogP contribution in [0.5, 0.6) is 5.75 Å². The first-order valence-electron chi connectivity index (χ1n) is 6.82. The Kier molecular flexibility index (Phi) is 7.36. The maximum absolute atomic E-state index is 10.8. The topological polar surface area (TPSA) is 114 Å². The summed E-state index contributed by atoms with van der Waals surface area (Å²) in [5.41, 5.74) is 0.391. The van der Waals surface area contributed by atoms with E-state index in [1.165, 1.54) is 25.4 Å². The predicted molar refractivity (Wildman–Crippen MR) is 85.8 cm³/mol. The molecule has 0 aromatic carbocycles. The molecule has 0 radical (unpaired) electrons. The number of anilines is 1. The van der Waals surface area contributed by atoms with Crippen molar-refractivity contribution in [2.75, 3.05) is 19.5 Å². The van der Waals surface area contributed by atoms with Crippen LogP contribution >= 0.6 is 11.3 Å². The van der Waals surface area contributed by atoms with Gasteiger partial charge in [-0.2, -0.15) is 0 Å². The maximum Gasteiger partial charge on any atom is 0.243 e. The Morgan fingerprint density at radius 2 is 2.17 bits per heavy atom. The fraction of sp³-hybridized carbons (Fsp3) is 0.429. The van der Waals surface area contributed by atoms with Gasteiger partial charge in [0.05, 0.1) is 18.7 Å². The van der Waals surface area contributed by atoms with Crippen molar-refractivity contribution in [2.45, 2.75) is 25.8 Å². The fourth-order valence-corrected chi connectivity index (χ4v) is 2.77. The Bertz CT molecular complexity index is 599. The molecule has 9 heteroatoms. The molecule has 2 rings (SSSR count). The molecule has 1 aliphatic rings. The molecule has 1 aromatic heterocycles. The van der Waals surface area contributed by atoms with Crippen LogP contribution in [0.4, 0.5) is 5.00 Å². The molecule has 1 atom stereocenters. The lowest BCUT2D eigenvalue weighted by Gasteiger charge is -2.19. The first kappa shape index (κ1) is 18.8. The number of amides is 3. The van der Waals surface area contributed by atoms with Crippen LogP contribution in [0, 0.1) is 0 Å². The number of hydrogen-bond donors (Lipinski definition) is 3. The van der Waals surface area contributed by atoms with E-state index in [0.29, 0.717) is 35.4 Å². The quantitative estimate of drug-likeness (QED) is 0.544. The third-order valence-corrected chi connectivity index (χ3v) is 3.90. The minimum atomic E-state index is -0.209. The Hall–Kier alpha value is -2.26. The van der Waals surface area contributed by atoms with Gasteiger partial charge in [0.1, 0.15) is 10.8 Å². The van der Waals surface area contributed by atoms with Gasteiger partial charge < -0.3 is 15.4 Å². The molecule has 3 amide bonds. The van der Waals surface area contributed by atoms with Crippen LogP contribution < -0.4 is 20.7 Å². The van der Waals surface area contributed by atoms with Crippen LogP contribution in [-0.2, 0) is 14.4 Å². The monoisotopic (exact) mass is 341 g/mol. The molecule has 0 saturated carbocycles. The van der Waals surface area contributed by atoms with Gasteiger partial charge in [0, 0.05) is 18.7 Å². The predicted octanol–water partition coefficient (Wildman–Crippen LogP) is 0.539. The third kappa shape index (κ3) is 5.46. The van der Waals surface area contributed by atoms with Gasteiger partial charge in [-0.25, -0.2) is 0 Å². The standard InChI is InChI=1S/C8H9NO3S.C6H10N2O2/c1-5(11)9-8-6(3-10)7(12-2)4-13-8;1-7-4-2-3-5(9)8-6(4)10/h3-4H,1-2H3,(H,9,11);4,7H,2-3H2,1H3,(H,8,9,10). The number of imide groups is 1. The van der Waals surface area contributed by atoms with E-state index in [1.807, 2.05) is 0 Å². The highest BCUT2D eigenvalue weighted by Gasteiger charge is 2.24. The first-order chi connectivity index (χ1) is 10.9. The van der Waals surface area contributed by atoms with E-state index in [-0.39, 0.29) is 23.8 Å². The van der Waals surface area contributed by atoms with E-state index in [0.717, 1.165) is 0 Å². The minimum Gasteiger partial charge on any atom is -0.495 e. The summed E-state index contributed by atoms with van der Waals surface area (Å²) in [5, 5.41) is 9.80. The van der Waals surface area contributed by atoms with E-state index < -0.39 is 0 Å². The molecule has 1 unspecified atom stereocenters. The average molecular weight is 341 g/mol. The number of likely N-dealkylation sites (N-methyl/N-ethyl adjacent to an activating group) is 1. The van der Waals surface area contributed by atoms with E-state index in [9.17, 15) is 19.2 Å². The summed E-state index contributed by atoms with van der Waals surface area (Å²) < 4.78 is 4.93. The average Bonchev–Trinajstić information content (AvgIpc) is 2.89. The van der Waals surface area contributed by atoms with Crippen molar-refractivity contribution in [1.29, 1.82) is 0 Å². The lowest BCUT2D eigenvalue weighted by molar-refractivity contribution is -0.134. The molecule has 0 aliphatic carbocycles. The summed E-state index contributed by atoms with van der Waals surface area (Å²) in [7, 11) is 3.19. The smallest absolute Gasteiger partial charge is 0.243 e. The lowest BCUT2D eigenvalue weighted by Crippen LogP contribution is -2.49. The molecular formula is C14H19N3O5S. The highest BCUT2D eigenvalue weighted by molar-refractivity contribution is 7.15. The van der Waals surface area contributed by atoms with Crippen LogP contribution in [0.15, 0.2) is 5.38 Å². The molecular weight excluding hydrogens is 322 g/mol. The summed E-state index contributed by atoms with van der Waals surface area (Å²) in [6.45, 7) is 1.39. The molecule has 1 fully saturated rings. The second-order valence-corrected chi connectivity index (χ2v) is 5.52. The number of piperidine rings is 1. The maximum atomic E-state index is 10.8. The number of methoxy groups -OCH3 is 1. The van der Waals surface area contributed by atoms with E-state index in [1.54, 1.807) is 12.4 Å². The Morgan fingerprint density at radius 1 is 1.48 bits per heavy atom. The zero-order valence-electron chi connectivity index (χ0n) is 13.1. The second kappa shape index (κ2) is 9.01. The number of nitrogens with one attached hydrogen (secondary N) is 3. The molecule has 0 spiro atoms. The number of carbonyl (C=O) groups is 4. The number of rotatable bonds is 4. The number of carbonyl (C=O) groups excluding carboxylic acids is 4. The van der Waals surface area contributed by atoms with Crippen molar-refractivity contribution >= 4 is 40.3 Å². The molecule has 23 heavy (non-hydrogen) atoms. The van der Waals surface area contributed by atoms with Gasteiger partial charge in [0.2, 0.25) is 17.7 Å². The zero-order valence-corrected chi connectivity index (χ0v) is 13.9. The lowest BCUT2D eigenvalue weighted by atomic mass is 10.1. The second-order valence-electron chi connectivity index (χ2n) is 4.64. The number of hydrogen-bond acceptors (Lipinski definition) is 7. The van der Waals surface area contributed by atoms with Gasteiger partial charge in [0.25, 0.3) is 0 Å². The summed E-state index contributed by atoms with van der Waals surface area (Å²) >= 11 is 1.27. The molecule has 1 aliphatic heterocycles. The van der Waals surface area contributed by atoms with Crippen LogP contribution in [-0.4, -0.2) is 44.2 Å². The molecule has 3 N–H and O–H groups in total. The van der Waals surface area contributed by atoms with Crippen molar-refractivity contribution < 1.29 is 23.9 Å². The molecule has 2 heterocycles. The van der Waals surface area contributed by atoms with Gasteiger partial charge in [-0.3, -0.25) is 24.5 Å². The van der Waals surface area contributed by atoms with Crippen LogP contribution in [0.2, 0.25) is 0 Å². The SMILES string of the molecule is CNC1CCC(=O)NC1=O.COc1csc(NC(C)=O)c1C=O. The molecule has 8 nitrogen and oxygen atoms in total. The van der Waals surface area contributed by atoms with Gasteiger partial charge in [-0.15, -0.1) is 11.3 Å². The third-order valence-electron chi connectivity index (χ3n) is 3.01. The zero-order chi connectivity index (χ0) is 17.4. The van der Waals surface area contributed by atoms with E-state index in [2.05, 4.69) is 16.0 Å². The summed E-state index contributed by atoms with van der Waals surface area (Å²) in [6.07, 6.45) is 1.72. The van der Waals surface area contributed by atoms with E-state index >= 15 is 0 Å². The number of ether oxygens (including phenoxy) is 1. The normalized spacial score (nSPS) is 16.7. The molecule has 1 saturated heterocycles. The van der Waals surface area contributed by atoms with Gasteiger partial charge in [-0.05, 0) is 13.5 Å². The Balaban J connectivity index is 0.000000238. The van der Waals surface area contributed by atoms with Crippen molar-refractivity contribution in [1.82, 2.24) is 10.6 Å². The highest BCUT2D eigenvalue weighted by atomic mass is 32.1. The van der Waals surface area contributed by atoms with Gasteiger partial charge >= 0.3 is 0 Å².